The number of nitrogens with zero attached hydrogens (tertiary/aromatic N) is 3. The summed E-state index contributed by atoms with van der Waals surface area (Å²) in [5.41, 5.74) is 1.16. The van der Waals surface area contributed by atoms with Gasteiger partial charge in [0.15, 0.2) is 0 Å². The van der Waals surface area contributed by atoms with Crippen LogP contribution in [0.2, 0.25) is 5.02 Å². The van der Waals surface area contributed by atoms with Gasteiger partial charge < -0.3 is 9.47 Å². The predicted molar refractivity (Wildman–Crippen MR) is 72.3 cm³/mol. The lowest BCUT2D eigenvalue weighted by molar-refractivity contribution is -0.142. The molecule has 7 heteroatoms. The SMILES string of the molecule is CCOC(OCC)c1cn(-c2ccc(F)c(Cl)c2)nn1. The third-order valence-corrected chi connectivity index (χ3v) is 2.85. The molecule has 0 radical (unpaired) electrons. The van der Waals surface area contributed by atoms with E-state index in [0.29, 0.717) is 24.6 Å². The molecular weight excluding hydrogens is 285 g/mol. The average Bonchev–Trinajstić information content (AvgIpc) is 2.91. The molecule has 0 N–H and O–H groups in total. The Labute approximate surface area is 121 Å². The summed E-state index contributed by atoms with van der Waals surface area (Å²) >= 11 is 5.75. The van der Waals surface area contributed by atoms with Crippen molar-refractivity contribution in [1.82, 2.24) is 15.0 Å². The summed E-state index contributed by atoms with van der Waals surface area (Å²) < 4.78 is 25.5. The van der Waals surface area contributed by atoms with E-state index in [1.54, 1.807) is 12.3 Å². The first-order valence-electron chi connectivity index (χ1n) is 6.26. The molecule has 2 rings (SSSR count). The maximum Gasteiger partial charge on any atom is 0.204 e. The molecule has 1 aromatic carbocycles. The normalized spacial score (nSPS) is 11.2. The molecule has 0 amide bonds. The first kappa shape index (κ1) is 14.9. The number of aromatic nitrogens is 3. The van der Waals surface area contributed by atoms with Gasteiger partial charge in [-0.05, 0) is 32.0 Å². The van der Waals surface area contributed by atoms with Crippen molar-refractivity contribution in [3.8, 4) is 5.69 Å². The fraction of sp³-hybridized carbons (Fsp3) is 0.385. The van der Waals surface area contributed by atoms with Crippen LogP contribution < -0.4 is 0 Å². The lowest BCUT2D eigenvalue weighted by Crippen LogP contribution is -2.09. The largest absolute Gasteiger partial charge is 0.347 e. The van der Waals surface area contributed by atoms with E-state index in [1.807, 2.05) is 13.8 Å². The van der Waals surface area contributed by atoms with Crippen LogP contribution in [0.1, 0.15) is 25.8 Å². The average molecular weight is 300 g/mol. The summed E-state index contributed by atoms with van der Waals surface area (Å²) in [7, 11) is 0. The molecule has 0 fully saturated rings. The number of rotatable bonds is 6. The Morgan fingerprint density at radius 1 is 1.30 bits per heavy atom. The van der Waals surface area contributed by atoms with E-state index in [1.165, 1.54) is 16.8 Å². The van der Waals surface area contributed by atoms with Gasteiger partial charge in [-0.2, -0.15) is 0 Å². The highest BCUT2D eigenvalue weighted by atomic mass is 35.5. The molecule has 0 aliphatic rings. The summed E-state index contributed by atoms with van der Waals surface area (Å²) in [4.78, 5) is 0. The molecule has 0 aliphatic heterocycles. The Hall–Kier alpha value is -1.50. The van der Waals surface area contributed by atoms with Crippen LogP contribution in [-0.4, -0.2) is 28.2 Å². The zero-order chi connectivity index (χ0) is 14.5. The summed E-state index contributed by atoms with van der Waals surface area (Å²) in [6, 6.07) is 4.32. The third kappa shape index (κ3) is 3.33. The zero-order valence-corrected chi connectivity index (χ0v) is 12.0. The molecule has 108 valence electrons. The monoisotopic (exact) mass is 299 g/mol. The van der Waals surface area contributed by atoms with Gasteiger partial charge in [-0.15, -0.1) is 5.10 Å². The van der Waals surface area contributed by atoms with E-state index in [2.05, 4.69) is 10.3 Å². The molecular formula is C13H15ClFN3O2. The smallest absolute Gasteiger partial charge is 0.204 e. The summed E-state index contributed by atoms with van der Waals surface area (Å²) in [6.45, 7) is 4.74. The molecule has 1 heterocycles. The summed E-state index contributed by atoms with van der Waals surface area (Å²) in [5, 5.41) is 8.01. The second-order valence-electron chi connectivity index (χ2n) is 3.93. The fourth-order valence-electron chi connectivity index (χ4n) is 1.66. The molecule has 0 saturated heterocycles. The van der Waals surface area contributed by atoms with Crippen LogP contribution in [0.4, 0.5) is 4.39 Å². The first-order valence-corrected chi connectivity index (χ1v) is 6.64. The summed E-state index contributed by atoms with van der Waals surface area (Å²) in [6.07, 6.45) is 1.11. The molecule has 0 spiro atoms. The number of halogens is 2. The second kappa shape index (κ2) is 6.78. The molecule has 0 saturated carbocycles. The van der Waals surface area contributed by atoms with E-state index < -0.39 is 12.1 Å². The number of benzene rings is 1. The summed E-state index contributed by atoms with van der Waals surface area (Å²) in [5.74, 6) is -0.475. The van der Waals surface area contributed by atoms with Crippen molar-refractivity contribution in [1.29, 1.82) is 0 Å². The van der Waals surface area contributed by atoms with E-state index in [9.17, 15) is 4.39 Å². The highest BCUT2D eigenvalue weighted by molar-refractivity contribution is 6.30. The van der Waals surface area contributed by atoms with Crippen LogP contribution in [0.3, 0.4) is 0 Å². The number of hydrogen-bond donors (Lipinski definition) is 0. The lowest BCUT2D eigenvalue weighted by atomic mass is 10.3. The molecule has 5 nitrogen and oxygen atoms in total. The molecule has 1 aromatic heterocycles. The fourth-order valence-corrected chi connectivity index (χ4v) is 1.83. The van der Waals surface area contributed by atoms with Crippen molar-refractivity contribution in [2.45, 2.75) is 20.1 Å². The van der Waals surface area contributed by atoms with Crippen molar-refractivity contribution in [2.24, 2.45) is 0 Å². The van der Waals surface area contributed by atoms with E-state index >= 15 is 0 Å². The van der Waals surface area contributed by atoms with Gasteiger partial charge >= 0.3 is 0 Å². The minimum atomic E-state index is -0.560. The van der Waals surface area contributed by atoms with Crippen molar-refractivity contribution < 1.29 is 13.9 Å². The van der Waals surface area contributed by atoms with E-state index in [0.717, 1.165) is 0 Å². The Kier molecular flexibility index (Phi) is 5.05. The van der Waals surface area contributed by atoms with Crippen LogP contribution >= 0.6 is 11.6 Å². The first-order chi connectivity index (χ1) is 9.65. The van der Waals surface area contributed by atoms with Crippen molar-refractivity contribution >= 4 is 11.6 Å². The highest BCUT2D eigenvalue weighted by Gasteiger charge is 2.16. The highest BCUT2D eigenvalue weighted by Crippen LogP contribution is 2.20. The van der Waals surface area contributed by atoms with Crippen LogP contribution in [0.15, 0.2) is 24.4 Å². The molecule has 0 atom stereocenters. The van der Waals surface area contributed by atoms with Gasteiger partial charge in [0, 0.05) is 13.2 Å². The van der Waals surface area contributed by atoms with Gasteiger partial charge in [-0.1, -0.05) is 16.8 Å². The van der Waals surface area contributed by atoms with Gasteiger partial charge in [0.25, 0.3) is 0 Å². The van der Waals surface area contributed by atoms with E-state index in [-0.39, 0.29) is 5.02 Å². The molecule has 0 bridgehead atoms. The Bertz CT molecular complexity index is 570. The standard InChI is InChI=1S/C13H15ClFN3O2/c1-3-19-13(20-4-2)12-8-18(17-16-12)9-5-6-11(15)10(14)7-9/h5-8,13H,3-4H2,1-2H3. The van der Waals surface area contributed by atoms with Crippen LogP contribution in [0.5, 0.6) is 0 Å². The molecule has 0 unspecified atom stereocenters. The second-order valence-corrected chi connectivity index (χ2v) is 4.34. The maximum atomic E-state index is 13.1. The Morgan fingerprint density at radius 2 is 2.00 bits per heavy atom. The minimum Gasteiger partial charge on any atom is -0.347 e. The Balaban J connectivity index is 2.24. The molecule has 0 aliphatic carbocycles. The lowest BCUT2D eigenvalue weighted by Gasteiger charge is -2.13. The maximum absolute atomic E-state index is 13.1. The number of ether oxygens (including phenoxy) is 2. The third-order valence-electron chi connectivity index (χ3n) is 2.56. The molecule has 2 aromatic rings. The Morgan fingerprint density at radius 3 is 2.60 bits per heavy atom. The van der Waals surface area contributed by atoms with Crippen molar-refractivity contribution in [3.63, 3.8) is 0 Å². The number of hydrogen-bond acceptors (Lipinski definition) is 4. The molecule has 20 heavy (non-hydrogen) atoms. The predicted octanol–water partition coefficient (Wildman–Crippen LogP) is 3.13. The van der Waals surface area contributed by atoms with Gasteiger partial charge in [-0.25, -0.2) is 9.07 Å². The topological polar surface area (TPSA) is 49.2 Å². The van der Waals surface area contributed by atoms with Gasteiger partial charge in [0.05, 0.1) is 16.9 Å². The van der Waals surface area contributed by atoms with Crippen LogP contribution in [0, 0.1) is 5.82 Å². The van der Waals surface area contributed by atoms with Gasteiger partial charge in [-0.3, -0.25) is 0 Å². The van der Waals surface area contributed by atoms with Crippen molar-refractivity contribution in [2.75, 3.05) is 13.2 Å². The minimum absolute atomic E-state index is 0.0331. The van der Waals surface area contributed by atoms with Crippen LogP contribution in [0.25, 0.3) is 5.69 Å². The quantitative estimate of drug-likeness (QED) is 0.769. The van der Waals surface area contributed by atoms with E-state index in [4.69, 9.17) is 21.1 Å². The van der Waals surface area contributed by atoms with Crippen molar-refractivity contribution in [3.05, 3.63) is 40.9 Å². The zero-order valence-electron chi connectivity index (χ0n) is 11.2. The van der Waals surface area contributed by atoms with Gasteiger partial charge in [0.1, 0.15) is 11.5 Å². The van der Waals surface area contributed by atoms with Gasteiger partial charge in [0.2, 0.25) is 6.29 Å². The van der Waals surface area contributed by atoms with Crippen LogP contribution in [-0.2, 0) is 9.47 Å².